The number of anilines is 2. The molecule has 0 atom stereocenters. The first-order chi connectivity index (χ1) is 6.70. The number of hydrogen-bond acceptors (Lipinski definition) is 3. The molecule has 74 valence electrons. The van der Waals surface area contributed by atoms with E-state index >= 15 is 0 Å². The fraction of sp³-hybridized carbons (Fsp3) is 0.364. The monoisotopic (exact) mass is 189 g/mol. The maximum absolute atomic E-state index is 4.29. The summed E-state index contributed by atoms with van der Waals surface area (Å²) < 4.78 is 0. The van der Waals surface area contributed by atoms with Crippen LogP contribution in [-0.4, -0.2) is 17.6 Å². The Morgan fingerprint density at radius 1 is 1.57 bits per heavy atom. The number of rotatable bonds is 1. The molecule has 1 aromatic heterocycles. The van der Waals surface area contributed by atoms with Crippen molar-refractivity contribution in [3.8, 4) is 0 Å². The molecule has 1 aliphatic heterocycles. The molecule has 0 radical (unpaired) electrons. The lowest BCUT2D eigenvalue weighted by Crippen LogP contribution is -2.36. The maximum Gasteiger partial charge on any atom is 0.150 e. The Kier molecular flexibility index (Phi) is 2.15. The molecule has 1 N–H and O–H groups in total. The third kappa shape index (κ3) is 1.35. The zero-order chi connectivity index (χ0) is 10.1. The molecule has 0 fully saturated rings. The molecule has 14 heavy (non-hydrogen) atoms. The first-order valence-electron chi connectivity index (χ1n) is 4.86. The van der Waals surface area contributed by atoms with Gasteiger partial charge in [-0.1, -0.05) is 6.58 Å². The molecule has 1 aliphatic rings. The molecule has 0 saturated heterocycles. The van der Waals surface area contributed by atoms with Crippen molar-refractivity contribution < 1.29 is 0 Å². The summed E-state index contributed by atoms with van der Waals surface area (Å²) in [7, 11) is 0. The molecule has 0 bridgehead atoms. The van der Waals surface area contributed by atoms with Crippen LogP contribution in [0.2, 0.25) is 0 Å². The highest BCUT2D eigenvalue weighted by Crippen LogP contribution is 2.31. The Bertz CT molecular complexity index is 357. The summed E-state index contributed by atoms with van der Waals surface area (Å²) in [6.07, 6.45) is 1.80. The molecule has 3 nitrogen and oxygen atoms in total. The van der Waals surface area contributed by atoms with Crippen molar-refractivity contribution in [2.45, 2.75) is 19.9 Å². The summed E-state index contributed by atoms with van der Waals surface area (Å²) in [6, 6.07) is 4.45. The first kappa shape index (κ1) is 9.06. The molecular weight excluding hydrogens is 174 g/mol. The summed E-state index contributed by atoms with van der Waals surface area (Å²) in [4.78, 5) is 6.51. The molecule has 2 rings (SSSR count). The molecule has 1 aromatic rings. The third-order valence-electron chi connectivity index (χ3n) is 2.36. The van der Waals surface area contributed by atoms with Crippen LogP contribution in [0.25, 0.3) is 0 Å². The summed E-state index contributed by atoms with van der Waals surface area (Å²) in [5.74, 6) is 0.952. The molecule has 0 spiro atoms. The number of fused-ring (bicyclic) bond motifs is 1. The normalized spacial score (nSPS) is 15.4. The lowest BCUT2D eigenvalue weighted by molar-refractivity contribution is 0.736. The maximum atomic E-state index is 4.29. The van der Waals surface area contributed by atoms with Crippen LogP contribution >= 0.6 is 0 Å². The van der Waals surface area contributed by atoms with Gasteiger partial charge in [-0.3, -0.25) is 0 Å². The van der Waals surface area contributed by atoms with E-state index in [0.29, 0.717) is 6.04 Å². The second-order valence-corrected chi connectivity index (χ2v) is 3.75. The largest absolute Gasteiger partial charge is 0.363 e. The molecule has 0 saturated carbocycles. The van der Waals surface area contributed by atoms with E-state index in [4.69, 9.17) is 0 Å². The predicted octanol–water partition coefficient (Wildman–Crippen LogP) is 2.24. The van der Waals surface area contributed by atoms with Crippen molar-refractivity contribution >= 4 is 11.5 Å². The zero-order valence-electron chi connectivity index (χ0n) is 8.62. The van der Waals surface area contributed by atoms with Gasteiger partial charge in [-0.15, -0.1) is 0 Å². The second kappa shape index (κ2) is 3.33. The van der Waals surface area contributed by atoms with Crippen LogP contribution in [0.5, 0.6) is 0 Å². The number of nitrogens with zero attached hydrogens (tertiary/aromatic N) is 2. The molecule has 3 heteroatoms. The average molecular weight is 189 g/mol. The van der Waals surface area contributed by atoms with E-state index in [2.05, 4.69) is 41.7 Å². The Hall–Kier alpha value is -1.51. The zero-order valence-corrected chi connectivity index (χ0v) is 8.62. The third-order valence-corrected chi connectivity index (χ3v) is 2.36. The van der Waals surface area contributed by atoms with Crippen LogP contribution in [-0.2, 0) is 0 Å². The average Bonchev–Trinajstić information content (AvgIpc) is 2.17. The number of nitrogens with one attached hydrogen (secondary N) is 1. The molecular formula is C11H15N3. The van der Waals surface area contributed by atoms with E-state index in [-0.39, 0.29) is 0 Å². The Labute approximate surface area is 84.5 Å². The van der Waals surface area contributed by atoms with Crippen LogP contribution < -0.4 is 10.2 Å². The highest BCUT2D eigenvalue weighted by atomic mass is 15.2. The van der Waals surface area contributed by atoms with Crippen molar-refractivity contribution in [3.63, 3.8) is 0 Å². The van der Waals surface area contributed by atoms with E-state index in [1.165, 1.54) is 0 Å². The summed E-state index contributed by atoms with van der Waals surface area (Å²) in [5, 5.41) is 3.24. The van der Waals surface area contributed by atoms with Gasteiger partial charge >= 0.3 is 0 Å². The highest BCUT2D eigenvalue weighted by Gasteiger charge is 2.21. The first-order valence-corrected chi connectivity index (χ1v) is 4.86. The molecule has 0 unspecified atom stereocenters. The van der Waals surface area contributed by atoms with Gasteiger partial charge < -0.3 is 10.2 Å². The summed E-state index contributed by atoms with van der Waals surface area (Å²) >= 11 is 0. The van der Waals surface area contributed by atoms with Gasteiger partial charge in [0.15, 0.2) is 0 Å². The SMILES string of the molecule is C=C1CNc2ncccc2N1C(C)C. The van der Waals surface area contributed by atoms with Gasteiger partial charge in [0.2, 0.25) is 0 Å². The van der Waals surface area contributed by atoms with E-state index in [0.717, 1.165) is 23.7 Å². The number of aromatic nitrogens is 1. The highest BCUT2D eigenvalue weighted by molar-refractivity contribution is 5.72. The molecule has 0 amide bonds. The van der Waals surface area contributed by atoms with E-state index in [1.807, 2.05) is 6.07 Å². The van der Waals surface area contributed by atoms with Crippen molar-refractivity contribution in [1.82, 2.24) is 4.98 Å². The van der Waals surface area contributed by atoms with Gasteiger partial charge in [0.1, 0.15) is 5.82 Å². The topological polar surface area (TPSA) is 28.2 Å². The molecule has 2 heterocycles. The van der Waals surface area contributed by atoms with Crippen LogP contribution in [0.3, 0.4) is 0 Å². The summed E-state index contributed by atoms with van der Waals surface area (Å²) in [6.45, 7) is 9.15. The Morgan fingerprint density at radius 2 is 2.36 bits per heavy atom. The number of hydrogen-bond donors (Lipinski definition) is 1. The number of pyridine rings is 1. The van der Waals surface area contributed by atoms with Gasteiger partial charge in [-0.2, -0.15) is 0 Å². The van der Waals surface area contributed by atoms with Gasteiger partial charge in [-0.25, -0.2) is 4.98 Å². The van der Waals surface area contributed by atoms with E-state index in [1.54, 1.807) is 6.20 Å². The van der Waals surface area contributed by atoms with Crippen LogP contribution in [0, 0.1) is 0 Å². The predicted molar refractivity (Wildman–Crippen MR) is 59.5 cm³/mol. The minimum Gasteiger partial charge on any atom is -0.363 e. The van der Waals surface area contributed by atoms with Crippen molar-refractivity contribution in [1.29, 1.82) is 0 Å². The standard InChI is InChI=1S/C11H15N3/c1-8(2)14-9(3)7-13-11-10(14)5-4-6-12-11/h4-6,8H,3,7H2,1-2H3,(H,12,13). The van der Waals surface area contributed by atoms with Crippen molar-refractivity contribution in [2.24, 2.45) is 0 Å². The fourth-order valence-corrected chi connectivity index (χ4v) is 1.81. The van der Waals surface area contributed by atoms with Gasteiger partial charge in [0.25, 0.3) is 0 Å². The smallest absolute Gasteiger partial charge is 0.150 e. The summed E-state index contributed by atoms with van der Waals surface area (Å²) in [5.41, 5.74) is 2.22. The Morgan fingerprint density at radius 3 is 3.07 bits per heavy atom. The minimum absolute atomic E-state index is 0.424. The van der Waals surface area contributed by atoms with Crippen LogP contribution in [0.4, 0.5) is 11.5 Å². The van der Waals surface area contributed by atoms with Gasteiger partial charge in [-0.05, 0) is 26.0 Å². The molecule has 0 aliphatic carbocycles. The van der Waals surface area contributed by atoms with Crippen molar-refractivity contribution in [3.05, 3.63) is 30.6 Å². The lowest BCUT2D eigenvalue weighted by Gasteiger charge is -2.35. The fourth-order valence-electron chi connectivity index (χ4n) is 1.81. The minimum atomic E-state index is 0.424. The van der Waals surface area contributed by atoms with E-state index in [9.17, 15) is 0 Å². The lowest BCUT2D eigenvalue weighted by atomic mass is 10.2. The second-order valence-electron chi connectivity index (χ2n) is 3.75. The van der Waals surface area contributed by atoms with E-state index < -0.39 is 0 Å². The van der Waals surface area contributed by atoms with Crippen LogP contribution in [0.1, 0.15) is 13.8 Å². The van der Waals surface area contributed by atoms with Crippen molar-refractivity contribution in [2.75, 3.05) is 16.8 Å². The van der Waals surface area contributed by atoms with Gasteiger partial charge in [0.05, 0.1) is 12.2 Å². The Balaban J connectivity index is 2.46. The van der Waals surface area contributed by atoms with Crippen LogP contribution in [0.15, 0.2) is 30.6 Å². The molecule has 0 aromatic carbocycles. The quantitative estimate of drug-likeness (QED) is 0.734. The van der Waals surface area contributed by atoms with Gasteiger partial charge in [0, 0.05) is 17.9 Å².